The molecule has 100 valence electrons. The van der Waals surface area contributed by atoms with E-state index in [0.717, 1.165) is 11.4 Å². The first kappa shape index (κ1) is 14.7. The predicted octanol–water partition coefficient (Wildman–Crippen LogP) is 2.14. The zero-order chi connectivity index (χ0) is 13.6. The largest absolute Gasteiger partial charge is 0.494 e. The molecule has 0 fully saturated rings. The number of nitrogens with one attached hydrogen (secondary N) is 2. The van der Waals surface area contributed by atoms with Gasteiger partial charge in [-0.05, 0) is 57.3 Å². The van der Waals surface area contributed by atoms with Crippen LogP contribution in [0.1, 0.15) is 20.8 Å². The lowest BCUT2D eigenvalue weighted by Gasteiger charge is -2.25. The predicted molar refractivity (Wildman–Crippen MR) is 78.1 cm³/mol. The van der Waals surface area contributed by atoms with Gasteiger partial charge in [0.2, 0.25) is 0 Å². The van der Waals surface area contributed by atoms with Crippen LogP contribution in [0.2, 0.25) is 0 Å². The fourth-order valence-corrected chi connectivity index (χ4v) is 1.70. The van der Waals surface area contributed by atoms with E-state index in [1.54, 1.807) is 0 Å². The molecule has 0 bridgehead atoms. The first-order valence-corrected chi connectivity index (χ1v) is 6.30. The van der Waals surface area contributed by atoms with Crippen molar-refractivity contribution in [3.05, 3.63) is 24.3 Å². The molecule has 0 saturated heterocycles. The van der Waals surface area contributed by atoms with Crippen molar-refractivity contribution in [1.82, 2.24) is 5.32 Å². The van der Waals surface area contributed by atoms with E-state index < -0.39 is 5.54 Å². The van der Waals surface area contributed by atoms with Crippen molar-refractivity contribution in [3.63, 3.8) is 0 Å². The number of rotatable bonds is 5. The van der Waals surface area contributed by atoms with Gasteiger partial charge in [0, 0.05) is 5.69 Å². The molecule has 0 aliphatic rings. The van der Waals surface area contributed by atoms with Crippen LogP contribution in [0.15, 0.2) is 24.3 Å². The molecule has 0 aliphatic carbocycles. The van der Waals surface area contributed by atoms with E-state index in [-0.39, 0.29) is 6.61 Å². The lowest BCUT2D eigenvalue weighted by molar-refractivity contribution is 0.207. The fraction of sp³-hybridized carbons (Fsp3) is 0.462. The van der Waals surface area contributed by atoms with Crippen LogP contribution in [0.3, 0.4) is 0 Å². The highest BCUT2D eigenvalue weighted by molar-refractivity contribution is 7.80. The van der Waals surface area contributed by atoms with Gasteiger partial charge in [0.25, 0.3) is 0 Å². The van der Waals surface area contributed by atoms with Crippen molar-refractivity contribution in [2.45, 2.75) is 26.3 Å². The molecule has 0 amide bonds. The van der Waals surface area contributed by atoms with Crippen LogP contribution < -0.4 is 15.4 Å². The number of hydrogen-bond acceptors (Lipinski definition) is 3. The maximum absolute atomic E-state index is 9.14. The van der Waals surface area contributed by atoms with Gasteiger partial charge in [0.15, 0.2) is 5.11 Å². The van der Waals surface area contributed by atoms with Gasteiger partial charge in [-0.2, -0.15) is 0 Å². The van der Waals surface area contributed by atoms with Gasteiger partial charge in [-0.25, -0.2) is 0 Å². The molecular formula is C13H20N2O2S. The third-order valence-electron chi connectivity index (χ3n) is 2.27. The Kier molecular flexibility index (Phi) is 5.37. The van der Waals surface area contributed by atoms with Gasteiger partial charge in [-0.15, -0.1) is 0 Å². The smallest absolute Gasteiger partial charge is 0.171 e. The first-order valence-electron chi connectivity index (χ1n) is 5.90. The molecule has 5 heteroatoms. The summed E-state index contributed by atoms with van der Waals surface area (Å²) in [5, 5.41) is 15.7. The molecule has 0 aliphatic heterocycles. The number of thiocarbonyl (C=S) groups is 1. The molecule has 0 radical (unpaired) electrons. The summed E-state index contributed by atoms with van der Waals surface area (Å²) in [5.74, 6) is 0.831. The van der Waals surface area contributed by atoms with Crippen molar-refractivity contribution in [2.24, 2.45) is 0 Å². The van der Waals surface area contributed by atoms with Crippen molar-refractivity contribution < 1.29 is 9.84 Å². The lowest BCUT2D eigenvalue weighted by atomic mass is 10.1. The van der Waals surface area contributed by atoms with Crippen molar-refractivity contribution in [2.75, 3.05) is 18.5 Å². The van der Waals surface area contributed by atoms with Crippen LogP contribution in [0.25, 0.3) is 0 Å². The normalized spacial score (nSPS) is 10.9. The number of anilines is 1. The molecule has 0 heterocycles. The Labute approximate surface area is 113 Å². The molecule has 18 heavy (non-hydrogen) atoms. The molecule has 1 rings (SSSR count). The monoisotopic (exact) mass is 268 g/mol. The summed E-state index contributed by atoms with van der Waals surface area (Å²) in [4.78, 5) is 0. The van der Waals surface area contributed by atoms with Crippen molar-refractivity contribution in [1.29, 1.82) is 0 Å². The Balaban J connectivity index is 2.54. The highest BCUT2D eigenvalue weighted by Crippen LogP contribution is 2.15. The average Bonchev–Trinajstić information content (AvgIpc) is 2.31. The Hall–Kier alpha value is -1.33. The van der Waals surface area contributed by atoms with Crippen LogP contribution >= 0.6 is 12.2 Å². The molecule has 1 aromatic carbocycles. The van der Waals surface area contributed by atoms with Crippen LogP contribution in [-0.4, -0.2) is 29.0 Å². The lowest BCUT2D eigenvalue weighted by Crippen LogP contribution is -2.47. The van der Waals surface area contributed by atoms with Gasteiger partial charge < -0.3 is 20.5 Å². The average molecular weight is 268 g/mol. The minimum atomic E-state index is -0.435. The minimum absolute atomic E-state index is 0.0120. The van der Waals surface area contributed by atoms with Gasteiger partial charge in [-0.3, -0.25) is 0 Å². The SMILES string of the molecule is CCOc1ccc(NC(=S)NC(C)(C)CO)cc1. The number of aliphatic hydroxyl groups is 1. The highest BCUT2D eigenvalue weighted by Gasteiger charge is 2.16. The molecule has 0 unspecified atom stereocenters. The zero-order valence-corrected chi connectivity index (χ0v) is 11.8. The topological polar surface area (TPSA) is 53.5 Å². The van der Waals surface area contributed by atoms with E-state index in [4.69, 9.17) is 22.1 Å². The summed E-state index contributed by atoms with van der Waals surface area (Å²) in [6.45, 7) is 6.36. The third kappa shape index (κ3) is 4.89. The second kappa shape index (κ2) is 6.56. The summed E-state index contributed by atoms with van der Waals surface area (Å²) >= 11 is 5.17. The summed E-state index contributed by atoms with van der Waals surface area (Å²) in [5.41, 5.74) is 0.444. The quantitative estimate of drug-likeness (QED) is 0.714. The summed E-state index contributed by atoms with van der Waals surface area (Å²) in [6.07, 6.45) is 0. The molecule has 3 N–H and O–H groups in total. The Morgan fingerprint density at radius 2 is 1.94 bits per heavy atom. The van der Waals surface area contributed by atoms with E-state index in [1.165, 1.54) is 0 Å². The number of benzene rings is 1. The van der Waals surface area contributed by atoms with Crippen LogP contribution in [0.4, 0.5) is 5.69 Å². The van der Waals surface area contributed by atoms with E-state index in [0.29, 0.717) is 11.7 Å². The van der Waals surface area contributed by atoms with Crippen molar-refractivity contribution in [3.8, 4) is 5.75 Å². The van der Waals surface area contributed by atoms with Crippen LogP contribution in [0.5, 0.6) is 5.75 Å². The van der Waals surface area contributed by atoms with E-state index in [1.807, 2.05) is 45.0 Å². The van der Waals surface area contributed by atoms with E-state index in [9.17, 15) is 0 Å². The second-order valence-corrected chi connectivity index (χ2v) is 4.99. The number of aliphatic hydroxyl groups excluding tert-OH is 1. The summed E-state index contributed by atoms with van der Waals surface area (Å²) in [6, 6.07) is 7.55. The molecule has 0 spiro atoms. The Morgan fingerprint density at radius 3 is 2.44 bits per heavy atom. The van der Waals surface area contributed by atoms with Gasteiger partial charge in [0.1, 0.15) is 5.75 Å². The Bertz CT molecular complexity index is 390. The molecule has 1 aromatic rings. The highest BCUT2D eigenvalue weighted by atomic mass is 32.1. The third-order valence-corrected chi connectivity index (χ3v) is 2.47. The number of hydrogen-bond donors (Lipinski definition) is 3. The van der Waals surface area contributed by atoms with Crippen molar-refractivity contribution >= 4 is 23.0 Å². The Morgan fingerprint density at radius 1 is 1.33 bits per heavy atom. The maximum atomic E-state index is 9.14. The van der Waals surface area contributed by atoms with Gasteiger partial charge in [0.05, 0.1) is 18.8 Å². The molecular weight excluding hydrogens is 248 g/mol. The fourth-order valence-electron chi connectivity index (χ4n) is 1.31. The van der Waals surface area contributed by atoms with Crippen LogP contribution in [0, 0.1) is 0 Å². The molecule has 0 aromatic heterocycles. The molecule has 4 nitrogen and oxygen atoms in total. The molecule has 0 saturated carbocycles. The number of ether oxygens (including phenoxy) is 1. The van der Waals surface area contributed by atoms with Gasteiger partial charge >= 0.3 is 0 Å². The zero-order valence-electron chi connectivity index (χ0n) is 11.0. The first-order chi connectivity index (χ1) is 8.46. The van der Waals surface area contributed by atoms with Gasteiger partial charge in [-0.1, -0.05) is 0 Å². The second-order valence-electron chi connectivity index (χ2n) is 4.58. The summed E-state index contributed by atoms with van der Waals surface area (Å²) < 4.78 is 5.35. The maximum Gasteiger partial charge on any atom is 0.171 e. The van der Waals surface area contributed by atoms with E-state index >= 15 is 0 Å². The minimum Gasteiger partial charge on any atom is -0.494 e. The van der Waals surface area contributed by atoms with E-state index in [2.05, 4.69) is 10.6 Å². The molecule has 0 atom stereocenters. The standard InChI is InChI=1S/C13H20N2O2S/c1-4-17-11-7-5-10(6-8-11)14-12(18)15-13(2,3)9-16/h5-8,16H,4,9H2,1-3H3,(H2,14,15,18). The summed E-state index contributed by atoms with van der Waals surface area (Å²) in [7, 11) is 0. The van der Waals surface area contributed by atoms with Crippen LogP contribution in [-0.2, 0) is 0 Å².